The average Bonchev–Trinajstić information content (AvgIpc) is 1.61. The van der Waals surface area contributed by atoms with Crippen molar-refractivity contribution >= 4 is 59.4 Å². The van der Waals surface area contributed by atoms with Gasteiger partial charge in [0.2, 0.25) is 23.6 Å². The molecule has 138 heavy (non-hydrogen) atoms. The highest BCUT2D eigenvalue weighted by molar-refractivity contribution is 5.89. The first kappa shape index (κ1) is 98.8. The molecule has 6 aromatic carbocycles. The largest absolute Gasteiger partial charge is 0.453 e. The van der Waals surface area contributed by atoms with Crippen molar-refractivity contribution in [2.45, 2.75) is 217 Å². The van der Waals surface area contributed by atoms with Gasteiger partial charge < -0.3 is 89.5 Å². The fourth-order valence-corrected chi connectivity index (χ4v) is 20.2. The van der Waals surface area contributed by atoms with Gasteiger partial charge in [-0.05, 0) is 194 Å². The number of alkyl carbamates (subject to hydrolysis) is 4. The van der Waals surface area contributed by atoms with Gasteiger partial charge in [0.25, 0.3) is 0 Å². The minimum Gasteiger partial charge on any atom is -0.453 e. The van der Waals surface area contributed by atoms with E-state index in [1.54, 1.807) is 68.7 Å². The number of carbonyl (C=O) groups is 8. The van der Waals surface area contributed by atoms with Crippen LogP contribution in [0, 0.1) is 23.7 Å². The quantitative estimate of drug-likeness (QED) is 0.0184. The minimum absolute atomic E-state index is 0.145. The van der Waals surface area contributed by atoms with Gasteiger partial charge >= 0.3 is 36.7 Å². The van der Waals surface area contributed by atoms with E-state index in [-0.39, 0.29) is 95.6 Å². The number of H-pyrrole nitrogens is 4. The van der Waals surface area contributed by atoms with Crippen LogP contribution >= 0.6 is 0 Å². The summed E-state index contributed by atoms with van der Waals surface area (Å²) in [5.74, 6) is 1.25. The van der Waals surface area contributed by atoms with Gasteiger partial charge in [-0.3, -0.25) is 19.2 Å². The van der Waals surface area contributed by atoms with Crippen LogP contribution in [0.2, 0.25) is 0 Å². The molecule has 732 valence electrons. The Morgan fingerprint density at radius 1 is 0.304 bits per heavy atom. The lowest BCUT2D eigenvalue weighted by Gasteiger charge is -2.33. The first-order valence-electron chi connectivity index (χ1n) is 47.2. The van der Waals surface area contributed by atoms with Gasteiger partial charge in [0, 0.05) is 37.6 Å². The molecule has 6 fully saturated rings. The van der Waals surface area contributed by atoms with E-state index in [2.05, 4.69) is 51.0 Å². The predicted molar refractivity (Wildman–Crippen MR) is 505 cm³/mol. The number of benzene rings is 6. The Hall–Kier alpha value is -13.7. The van der Waals surface area contributed by atoms with Gasteiger partial charge in [0.05, 0.1) is 135 Å². The number of aromatic amines is 4. The maximum absolute atomic E-state index is 13.8. The van der Waals surface area contributed by atoms with Crippen LogP contribution in [0.5, 0.6) is 0 Å². The second kappa shape index (κ2) is 42.5. The number of halogens is 6. The van der Waals surface area contributed by atoms with Gasteiger partial charge in [0.1, 0.15) is 47.5 Å². The summed E-state index contributed by atoms with van der Waals surface area (Å²) in [5, 5.41) is 10.7. The number of rotatable bonds is 26. The molecule has 0 aliphatic carbocycles. The number of amides is 8. The Labute approximate surface area is 797 Å². The van der Waals surface area contributed by atoms with Crippen molar-refractivity contribution in [1.29, 1.82) is 0 Å². The number of imidazole rings is 4. The third-order valence-corrected chi connectivity index (χ3v) is 27.5. The Morgan fingerprint density at radius 3 is 0.688 bits per heavy atom. The molecule has 10 heterocycles. The molecular weight excluding hydrogens is 1780 g/mol. The summed E-state index contributed by atoms with van der Waals surface area (Å²) < 4.78 is 102. The van der Waals surface area contributed by atoms with Crippen LogP contribution in [-0.2, 0) is 50.5 Å². The molecule has 16 rings (SSSR count). The van der Waals surface area contributed by atoms with E-state index in [9.17, 15) is 64.7 Å². The van der Waals surface area contributed by atoms with Crippen LogP contribution in [0.25, 0.3) is 45.0 Å². The van der Waals surface area contributed by atoms with E-state index in [1.807, 2.05) is 152 Å². The molecule has 12 atom stereocenters. The first-order chi connectivity index (χ1) is 66.1. The van der Waals surface area contributed by atoms with Gasteiger partial charge in [-0.2, -0.15) is 26.3 Å². The topological polar surface area (TPSA) is 356 Å². The number of anilines is 2. The zero-order valence-electron chi connectivity index (χ0n) is 79.4. The number of likely N-dealkylation sites (tertiary alicyclic amines) is 4. The number of hydrogen-bond donors (Lipinski definition) is 8. The van der Waals surface area contributed by atoms with E-state index in [0.29, 0.717) is 60.9 Å². The number of aromatic nitrogens is 8. The third-order valence-electron chi connectivity index (χ3n) is 27.5. The molecule has 0 saturated carbocycles. The zero-order chi connectivity index (χ0) is 98.3. The highest BCUT2D eigenvalue weighted by Crippen LogP contribution is 2.51. The highest BCUT2D eigenvalue weighted by Gasteiger charge is 2.46. The smallest absolute Gasteiger partial charge is 0.416 e. The monoisotopic (exact) mass is 1900 g/mol. The van der Waals surface area contributed by atoms with E-state index < -0.39 is 72.0 Å². The lowest BCUT2D eigenvalue weighted by atomic mass is 10.0. The average molecular weight is 1900 g/mol. The molecular formula is C102H120F6N18O12. The molecule has 6 aliphatic rings. The molecule has 8 amide bonds. The lowest BCUT2D eigenvalue weighted by Crippen LogP contribution is -2.51. The molecule has 30 nitrogen and oxygen atoms in total. The summed E-state index contributed by atoms with van der Waals surface area (Å²) in [6.07, 6.45) is 4.49. The second-order valence-electron chi connectivity index (χ2n) is 37.5. The van der Waals surface area contributed by atoms with Gasteiger partial charge in [-0.25, -0.2) is 39.1 Å². The van der Waals surface area contributed by atoms with E-state index in [4.69, 9.17) is 38.9 Å². The summed E-state index contributed by atoms with van der Waals surface area (Å²) in [6, 6.07) is 38.5. The maximum Gasteiger partial charge on any atom is 0.416 e. The van der Waals surface area contributed by atoms with Crippen LogP contribution in [0.4, 0.5) is 56.9 Å². The number of alkyl halides is 6. The van der Waals surface area contributed by atoms with Crippen molar-refractivity contribution in [3.63, 3.8) is 0 Å². The van der Waals surface area contributed by atoms with Gasteiger partial charge in [-0.1, -0.05) is 152 Å². The molecule has 36 heteroatoms. The normalized spacial score (nSPS) is 20.4. The Morgan fingerprint density at radius 2 is 0.507 bits per heavy atom. The van der Waals surface area contributed by atoms with Crippen molar-refractivity contribution in [2.24, 2.45) is 23.7 Å². The summed E-state index contributed by atoms with van der Waals surface area (Å²) in [7, 11) is 5.07. The minimum atomic E-state index is -4.47. The fraction of sp³-hybridized carbons (Fsp3) is 0.451. The van der Waals surface area contributed by atoms with E-state index >= 15 is 0 Å². The van der Waals surface area contributed by atoms with Crippen molar-refractivity contribution in [2.75, 3.05) is 64.4 Å². The molecule has 6 aliphatic heterocycles. The third kappa shape index (κ3) is 21.7. The SMILES string of the molecule is COC(=O)N[C@H](C(=O)N1CCC[C@H]1c1ncc(-c2ccc([C@@H]3CC[C@@H](c4ccc(-c5cnc([C@@H]6CCCN6C(=O)[C@@H](NC(=O)OC)C(C)C)[nH]5)cc4)N3c3ccc(C(F)(F)F)cc3)cc2)[nH]1)C(C)C.COC(=O)N[C@H](C(=O)N1CCC[C@H]1c1ncc(-c2ccc([C@H]3CC[C@H](c4ccc(-c5cnc([C@@H]6CCCN6C(=O)[C@@H](NC(=O)OC)C(C)C)[nH]5)cc4)N3c3ccc(C(F)(F)F)cc3)cc2)[nH]1)C(C)C. The zero-order valence-corrected chi connectivity index (χ0v) is 79.4. The van der Waals surface area contributed by atoms with Crippen LogP contribution in [0.1, 0.15) is 237 Å². The maximum atomic E-state index is 13.8. The van der Waals surface area contributed by atoms with Crippen LogP contribution in [-0.4, -0.2) is 186 Å². The Kier molecular flexibility index (Phi) is 30.4. The number of nitrogens with one attached hydrogen (secondary N) is 8. The van der Waals surface area contributed by atoms with Crippen LogP contribution < -0.4 is 31.1 Å². The van der Waals surface area contributed by atoms with Crippen molar-refractivity contribution in [3.05, 3.63) is 227 Å². The van der Waals surface area contributed by atoms with Gasteiger partial charge in [0.15, 0.2) is 0 Å². The first-order valence-corrected chi connectivity index (χ1v) is 47.2. The number of ether oxygens (including phenoxy) is 4. The Balaban J connectivity index is 0.000000209. The molecule has 0 spiro atoms. The van der Waals surface area contributed by atoms with Crippen LogP contribution in [0.3, 0.4) is 0 Å². The van der Waals surface area contributed by atoms with Gasteiger partial charge in [-0.15, -0.1) is 0 Å². The predicted octanol–water partition coefficient (Wildman–Crippen LogP) is 19.3. The number of hydrogen-bond acceptors (Lipinski definition) is 18. The standard InChI is InChI=1S/2C51H60F3N9O6/c2*1-29(2)43(59-49(66)68-5)47(64)61-25-7-9-41(61)45-55-27-37(57-45)31-11-15-33(16-12-31)39-23-24-40(63(39)36-21-19-35(20-22-36)51(52,53)54)34-17-13-32(14-18-34)38-28-56-46(58-38)42-10-8-26-62(42)48(65)44(30(3)4)60-50(67)69-6/h2*11-22,27-30,39-44H,7-10,23-26H2,1-6H3,(H,55,57)(H,56,58)(H,59,66)(H,60,67)/t39-,40-,41+,42+,43+,44+;39-,40-,41-,42-,43-,44-/m10/s1. The van der Waals surface area contributed by atoms with Crippen molar-refractivity contribution in [1.82, 2.24) is 80.7 Å². The molecule has 6 saturated heterocycles. The summed E-state index contributed by atoms with van der Waals surface area (Å²) in [4.78, 5) is 147. The second-order valence-corrected chi connectivity index (χ2v) is 37.5. The van der Waals surface area contributed by atoms with Crippen molar-refractivity contribution < 1.29 is 83.6 Å². The Bertz CT molecular complexity index is 5250. The lowest BCUT2D eigenvalue weighted by molar-refractivity contribution is -0.138. The van der Waals surface area contributed by atoms with Crippen LogP contribution in [0.15, 0.2) is 170 Å². The molecule has 0 radical (unpaired) electrons. The number of nitrogens with zero attached hydrogens (tertiary/aromatic N) is 10. The molecule has 10 aromatic rings. The molecule has 8 N–H and O–H groups in total. The molecule has 0 unspecified atom stereocenters. The van der Waals surface area contributed by atoms with Crippen molar-refractivity contribution in [3.8, 4) is 45.0 Å². The molecule has 4 aromatic heterocycles. The van der Waals surface area contributed by atoms with E-state index in [0.717, 1.165) is 169 Å². The summed E-state index contributed by atoms with van der Waals surface area (Å²) in [6.45, 7) is 17.1. The van der Waals surface area contributed by atoms with E-state index in [1.165, 1.54) is 28.4 Å². The number of methoxy groups -OCH3 is 4. The summed E-state index contributed by atoms with van der Waals surface area (Å²) in [5.41, 5.74) is 10.6. The highest BCUT2D eigenvalue weighted by atomic mass is 19.4. The molecule has 0 bridgehead atoms. The summed E-state index contributed by atoms with van der Waals surface area (Å²) >= 11 is 0. The fourth-order valence-electron chi connectivity index (χ4n) is 20.2. The number of carbonyl (C=O) groups excluding carboxylic acids is 8.